The molecule has 20 heavy (non-hydrogen) atoms. The number of carbonyl (C=O) groups is 1. The van der Waals surface area contributed by atoms with Crippen molar-refractivity contribution in [2.24, 2.45) is 11.0 Å². The van der Waals surface area contributed by atoms with Crippen LogP contribution in [0.25, 0.3) is 0 Å². The van der Waals surface area contributed by atoms with Gasteiger partial charge in [-0.3, -0.25) is 4.79 Å². The van der Waals surface area contributed by atoms with E-state index in [1.165, 1.54) is 0 Å². The Balaban J connectivity index is 2.05. The van der Waals surface area contributed by atoms with Crippen molar-refractivity contribution in [3.8, 4) is 0 Å². The first-order valence-electron chi connectivity index (χ1n) is 6.51. The number of benzene rings is 1. The lowest BCUT2D eigenvalue weighted by Crippen LogP contribution is -2.32. The predicted octanol–water partition coefficient (Wildman–Crippen LogP) is 1.14. The Kier molecular flexibility index (Phi) is 4.68. The SMILES string of the molecule is CNC(=S)NCc1ccc(C2=NNC(=O)CC2C)cc1. The minimum absolute atomic E-state index is 0.0253. The van der Waals surface area contributed by atoms with Gasteiger partial charge in [0, 0.05) is 25.9 Å². The summed E-state index contributed by atoms with van der Waals surface area (Å²) in [5, 5.41) is 10.7. The molecule has 0 radical (unpaired) electrons. The molecule has 1 aromatic rings. The first kappa shape index (κ1) is 14.5. The zero-order chi connectivity index (χ0) is 14.5. The molecule has 1 aliphatic rings. The molecule has 1 aliphatic heterocycles. The predicted molar refractivity (Wildman–Crippen MR) is 83.4 cm³/mol. The second-order valence-corrected chi connectivity index (χ2v) is 5.18. The topological polar surface area (TPSA) is 65.5 Å². The molecule has 0 fully saturated rings. The van der Waals surface area contributed by atoms with Crippen LogP contribution in [0.4, 0.5) is 0 Å². The fourth-order valence-corrected chi connectivity index (χ4v) is 2.14. The van der Waals surface area contributed by atoms with Crippen LogP contribution in [0.1, 0.15) is 24.5 Å². The highest BCUT2D eigenvalue weighted by Crippen LogP contribution is 2.16. The fourth-order valence-electron chi connectivity index (χ4n) is 2.07. The standard InChI is InChI=1S/C14H18N4OS/c1-9-7-12(19)17-18-13(9)11-5-3-10(4-6-11)8-16-14(20)15-2/h3-6,9H,7-8H2,1-2H3,(H,17,19)(H2,15,16,20). The van der Waals surface area contributed by atoms with Gasteiger partial charge in [0.25, 0.3) is 0 Å². The number of hydrogen-bond acceptors (Lipinski definition) is 3. The Morgan fingerprint density at radius 1 is 1.45 bits per heavy atom. The highest BCUT2D eigenvalue weighted by atomic mass is 32.1. The minimum Gasteiger partial charge on any atom is -0.366 e. The van der Waals surface area contributed by atoms with Crippen molar-refractivity contribution in [2.45, 2.75) is 19.9 Å². The maximum atomic E-state index is 11.2. The molecule has 1 heterocycles. The van der Waals surface area contributed by atoms with Gasteiger partial charge in [0.2, 0.25) is 5.91 Å². The van der Waals surface area contributed by atoms with Crippen molar-refractivity contribution in [1.29, 1.82) is 0 Å². The zero-order valence-corrected chi connectivity index (χ0v) is 12.4. The van der Waals surface area contributed by atoms with E-state index in [4.69, 9.17) is 12.2 Å². The maximum absolute atomic E-state index is 11.2. The Morgan fingerprint density at radius 3 is 2.75 bits per heavy atom. The minimum atomic E-state index is -0.0253. The van der Waals surface area contributed by atoms with Gasteiger partial charge >= 0.3 is 0 Å². The summed E-state index contributed by atoms with van der Waals surface area (Å²) >= 11 is 5.03. The number of nitrogens with one attached hydrogen (secondary N) is 3. The Morgan fingerprint density at radius 2 is 2.15 bits per heavy atom. The number of rotatable bonds is 3. The molecule has 1 unspecified atom stereocenters. The number of amides is 1. The van der Waals surface area contributed by atoms with Gasteiger partial charge < -0.3 is 10.6 Å². The smallest absolute Gasteiger partial charge is 0.240 e. The van der Waals surface area contributed by atoms with E-state index in [-0.39, 0.29) is 11.8 Å². The molecule has 5 nitrogen and oxygen atoms in total. The number of carbonyl (C=O) groups excluding carboxylic acids is 1. The van der Waals surface area contributed by atoms with Gasteiger partial charge in [-0.05, 0) is 23.3 Å². The lowest BCUT2D eigenvalue weighted by molar-refractivity contribution is -0.121. The van der Waals surface area contributed by atoms with Crippen LogP contribution in [-0.2, 0) is 11.3 Å². The third kappa shape index (κ3) is 3.54. The fraction of sp³-hybridized carbons (Fsp3) is 0.357. The van der Waals surface area contributed by atoms with E-state index in [2.05, 4.69) is 21.2 Å². The molecule has 1 atom stereocenters. The monoisotopic (exact) mass is 290 g/mol. The van der Waals surface area contributed by atoms with Crippen LogP contribution in [0.2, 0.25) is 0 Å². The van der Waals surface area contributed by atoms with Crippen molar-refractivity contribution in [3.05, 3.63) is 35.4 Å². The van der Waals surface area contributed by atoms with Crippen LogP contribution in [0.5, 0.6) is 0 Å². The Hall–Kier alpha value is -1.95. The number of hydrogen-bond donors (Lipinski definition) is 3. The highest BCUT2D eigenvalue weighted by molar-refractivity contribution is 7.80. The first-order valence-corrected chi connectivity index (χ1v) is 6.92. The summed E-state index contributed by atoms with van der Waals surface area (Å²) in [6.07, 6.45) is 0.485. The summed E-state index contributed by atoms with van der Waals surface area (Å²) in [4.78, 5) is 11.2. The molecule has 106 valence electrons. The van der Waals surface area contributed by atoms with Crippen molar-refractivity contribution >= 4 is 28.9 Å². The number of nitrogens with zero attached hydrogens (tertiary/aromatic N) is 1. The molecular weight excluding hydrogens is 272 g/mol. The quantitative estimate of drug-likeness (QED) is 0.731. The molecule has 1 amide bonds. The van der Waals surface area contributed by atoms with E-state index in [1.807, 2.05) is 31.2 Å². The van der Waals surface area contributed by atoms with Crippen molar-refractivity contribution in [3.63, 3.8) is 0 Å². The molecule has 2 rings (SSSR count). The molecule has 0 saturated heterocycles. The third-order valence-electron chi connectivity index (χ3n) is 3.19. The van der Waals surface area contributed by atoms with E-state index in [9.17, 15) is 4.79 Å². The Labute approximate surface area is 123 Å². The van der Waals surface area contributed by atoms with E-state index in [0.717, 1.165) is 16.8 Å². The van der Waals surface area contributed by atoms with Crippen molar-refractivity contribution < 1.29 is 4.79 Å². The van der Waals surface area contributed by atoms with Gasteiger partial charge in [0.15, 0.2) is 5.11 Å². The van der Waals surface area contributed by atoms with E-state index in [1.54, 1.807) is 7.05 Å². The van der Waals surface area contributed by atoms with Crippen LogP contribution in [0.15, 0.2) is 29.4 Å². The Bertz CT molecular complexity index is 539. The summed E-state index contributed by atoms with van der Waals surface area (Å²) in [5.41, 5.74) is 5.64. The third-order valence-corrected chi connectivity index (χ3v) is 3.54. The van der Waals surface area contributed by atoms with Crippen LogP contribution < -0.4 is 16.1 Å². The van der Waals surface area contributed by atoms with Gasteiger partial charge in [0.1, 0.15) is 0 Å². The zero-order valence-electron chi connectivity index (χ0n) is 11.6. The van der Waals surface area contributed by atoms with Gasteiger partial charge in [-0.1, -0.05) is 31.2 Å². The molecule has 0 aliphatic carbocycles. The largest absolute Gasteiger partial charge is 0.366 e. The van der Waals surface area contributed by atoms with E-state index < -0.39 is 0 Å². The second kappa shape index (κ2) is 6.47. The van der Waals surface area contributed by atoms with Gasteiger partial charge in [-0.15, -0.1) is 0 Å². The number of hydrazone groups is 1. The molecule has 0 bridgehead atoms. The van der Waals surface area contributed by atoms with Gasteiger partial charge in [-0.2, -0.15) is 5.10 Å². The van der Waals surface area contributed by atoms with Crippen LogP contribution >= 0.6 is 12.2 Å². The average molecular weight is 290 g/mol. The summed E-state index contributed by atoms with van der Waals surface area (Å²) in [6.45, 7) is 2.69. The van der Waals surface area contributed by atoms with E-state index in [0.29, 0.717) is 18.1 Å². The van der Waals surface area contributed by atoms with Crippen LogP contribution in [-0.4, -0.2) is 23.8 Å². The lowest BCUT2D eigenvalue weighted by atomic mass is 9.93. The molecule has 0 saturated carbocycles. The first-order chi connectivity index (χ1) is 9.60. The second-order valence-electron chi connectivity index (χ2n) is 4.77. The van der Waals surface area contributed by atoms with Crippen molar-refractivity contribution in [1.82, 2.24) is 16.1 Å². The van der Waals surface area contributed by atoms with Crippen molar-refractivity contribution in [2.75, 3.05) is 7.05 Å². The molecule has 1 aromatic carbocycles. The number of thiocarbonyl (C=S) groups is 1. The summed E-state index contributed by atoms with van der Waals surface area (Å²) in [6, 6.07) is 8.11. The van der Waals surface area contributed by atoms with Gasteiger partial charge in [0.05, 0.1) is 5.71 Å². The molecule has 0 aromatic heterocycles. The van der Waals surface area contributed by atoms with Crippen LogP contribution in [0.3, 0.4) is 0 Å². The molecule has 6 heteroatoms. The maximum Gasteiger partial charge on any atom is 0.240 e. The summed E-state index contributed by atoms with van der Waals surface area (Å²) in [5.74, 6) is 0.118. The van der Waals surface area contributed by atoms with E-state index >= 15 is 0 Å². The lowest BCUT2D eigenvalue weighted by Gasteiger charge is -2.19. The average Bonchev–Trinajstić information content (AvgIpc) is 2.45. The molecule has 3 N–H and O–H groups in total. The normalized spacial score (nSPS) is 18.0. The molecular formula is C14H18N4OS. The highest BCUT2D eigenvalue weighted by Gasteiger charge is 2.21. The molecule has 0 spiro atoms. The van der Waals surface area contributed by atoms with Crippen LogP contribution in [0, 0.1) is 5.92 Å². The summed E-state index contributed by atoms with van der Waals surface area (Å²) in [7, 11) is 1.79. The summed E-state index contributed by atoms with van der Waals surface area (Å²) < 4.78 is 0. The van der Waals surface area contributed by atoms with Gasteiger partial charge in [-0.25, -0.2) is 5.43 Å².